The molecule has 0 spiro atoms. The molecular weight excluding hydrogens is 250 g/mol. The Balaban J connectivity index is 1.83. The van der Waals surface area contributed by atoms with Gasteiger partial charge in [0.1, 0.15) is 5.75 Å². The number of benzene rings is 1. The summed E-state index contributed by atoms with van der Waals surface area (Å²) in [7, 11) is 1.70. The van der Waals surface area contributed by atoms with E-state index in [1.165, 1.54) is 12.1 Å². The Hall–Kier alpha value is -1.26. The third kappa shape index (κ3) is 3.87. The van der Waals surface area contributed by atoms with Crippen molar-refractivity contribution in [1.29, 1.82) is 0 Å². The van der Waals surface area contributed by atoms with E-state index in [0.29, 0.717) is 6.04 Å². The lowest BCUT2D eigenvalue weighted by Gasteiger charge is -2.39. The summed E-state index contributed by atoms with van der Waals surface area (Å²) in [5, 5.41) is 0. The average molecular weight is 277 g/mol. The largest absolute Gasteiger partial charge is 0.497 e. The van der Waals surface area contributed by atoms with Crippen LogP contribution < -0.4 is 15.4 Å². The molecule has 1 aromatic rings. The summed E-state index contributed by atoms with van der Waals surface area (Å²) in [6.07, 6.45) is 2.33. The first-order valence-corrected chi connectivity index (χ1v) is 7.57. The van der Waals surface area contributed by atoms with Gasteiger partial charge in [0.2, 0.25) is 0 Å². The van der Waals surface area contributed by atoms with E-state index in [9.17, 15) is 0 Å². The SMILES string of the molecule is COc1ccc(N2CCN(C(C)CCCN)CC2)cc1. The number of anilines is 1. The molecular formula is C16H27N3O. The molecule has 0 aliphatic carbocycles. The number of hydrogen-bond acceptors (Lipinski definition) is 4. The van der Waals surface area contributed by atoms with Crippen LogP contribution in [0, 0.1) is 0 Å². The van der Waals surface area contributed by atoms with Crippen molar-refractivity contribution in [2.45, 2.75) is 25.8 Å². The van der Waals surface area contributed by atoms with Crippen LogP contribution in [0.25, 0.3) is 0 Å². The van der Waals surface area contributed by atoms with Crippen molar-refractivity contribution >= 4 is 5.69 Å². The predicted octanol–water partition coefficient (Wildman–Crippen LogP) is 1.94. The van der Waals surface area contributed by atoms with E-state index in [-0.39, 0.29) is 0 Å². The molecule has 1 saturated heterocycles. The molecule has 0 bridgehead atoms. The third-order valence-electron chi connectivity index (χ3n) is 4.20. The molecule has 0 aromatic heterocycles. The lowest BCUT2D eigenvalue weighted by Crippen LogP contribution is -2.49. The van der Waals surface area contributed by atoms with Crippen LogP contribution in [0.2, 0.25) is 0 Å². The highest BCUT2D eigenvalue weighted by Gasteiger charge is 2.20. The van der Waals surface area contributed by atoms with Crippen molar-refractivity contribution in [2.24, 2.45) is 5.73 Å². The fraction of sp³-hybridized carbons (Fsp3) is 0.625. The standard InChI is InChI=1S/C16H27N3O/c1-14(4-3-9-17)18-10-12-19(13-11-18)15-5-7-16(20-2)8-6-15/h5-8,14H,3-4,9-13,17H2,1-2H3. The number of nitrogens with zero attached hydrogens (tertiary/aromatic N) is 2. The van der Waals surface area contributed by atoms with Gasteiger partial charge in [0.05, 0.1) is 7.11 Å². The molecule has 0 amide bonds. The van der Waals surface area contributed by atoms with Gasteiger partial charge in [-0.15, -0.1) is 0 Å². The Labute approximate surface area is 122 Å². The molecule has 0 saturated carbocycles. The molecule has 20 heavy (non-hydrogen) atoms. The molecule has 1 aliphatic heterocycles. The summed E-state index contributed by atoms with van der Waals surface area (Å²) >= 11 is 0. The van der Waals surface area contributed by atoms with Crippen LogP contribution in [0.5, 0.6) is 5.75 Å². The zero-order valence-electron chi connectivity index (χ0n) is 12.7. The van der Waals surface area contributed by atoms with E-state index >= 15 is 0 Å². The molecule has 112 valence electrons. The minimum Gasteiger partial charge on any atom is -0.497 e. The summed E-state index contributed by atoms with van der Waals surface area (Å²) in [4.78, 5) is 5.03. The van der Waals surface area contributed by atoms with Crippen LogP contribution in [0.1, 0.15) is 19.8 Å². The van der Waals surface area contributed by atoms with Crippen molar-refractivity contribution < 1.29 is 4.74 Å². The van der Waals surface area contributed by atoms with Gasteiger partial charge in [-0.1, -0.05) is 0 Å². The quantitative estimate of drug-likeness (QED) is 0.863. The second-order valence-corrected chi connectivity index (χ2v) is 5.50. The Kier molecular flexibility index (Phi) is 5.68. The molecule has 1 aliphatic rings. The Morgan fingerprint density at radius 1 is 1.15 bits per heavy atom. The van der Waals surface area contributed by atoms with E-state index in [1.807, 2.05) is 12.1 Å². The van der Waals surface area contributed by atoms with Gasteiger partial charge in [-0.25, -0.2) is 0 Å². The normalized spacial score (nSPS) is 18.1. The van der Waals surface area contributed by atoms with Crippen molar-refractivity contribution in [2.75, 3.05) is 44.7 Å². The summed E-state index contributed by atoms with van der Waals surface area (Å²) in [6.45, 7) is 7.59. The first-order chi connectivity index (χ1) is 9.74. The molecule has 2 N–H and O–H groups in total. The first-order valence-electron chi connectivity index (χ1n) is 7.57. The summed E-state index contributed by atoms with van der Waals surface area (Å²) in [5.74, 6) is 0.919. The van der Waals surface area contributed by atoms with Gasteiger partial charge in [-0.05, 0) is 50.6 Å². The molecule has 1 fully saturated rings. The smallest absolute Gasteiger partial charge is 0.119 e. The highest BCUT2D eigenvalue weighted by molar-refractivity contribution is 5.49. The highest BCUT2D eigenvalue weighted by atomic mass is 16.5. The molecule has 1 heterocycles. The molecule has 1 unspecified atom stereocenters. The van der Waals surface area contributed by atoms with E-state index in [2.05, 4.69) is 28.9 Å². The van der Waals surface area contributed by atoms with Gasteiger partial charge in [0, 0.05) is 37.9 Å². The zero-order chi connectivity index (χ0) is 14.4. The predicted molar refractivity (Wildman–Crippen MR) is 84.5 cm³/mol. The minimum atomic E-state index is 0.650. The van der Waals surface area contributed by atoms with Crippen molar-refractivity contribution in [3.05, 3.63) is 24.3 Å². The Morgan fingerprint density at radius 3 is 2.35 bits per heavy atom. The first kappa shape index (κ1) is 15.1. The molecule has 1 atom stereocenters. The van der Waals surface area contributed by atoms with Crippen LogP contribution in [0.4, 0.5) is 5.69 Å². The maximum atomic E-state index is 5.59. The molecule has 1 aromatic carbocycles. The molecule has 0 radical (unpaired) electrons. The topological polar surface area (TPSA) is 41.7 Å². The fourth-order valence-corrected chi connectivity index (χ4v) is 2.81. The molecule has 4 heteroatoms. The number of hydrogen-bond donors (Lipinski definition) is 1. The molecule has 4 nitrogen and oxygen atoms in total. The van der Waals surface area contributed by atoms with Gasteiger partial charge >= 0.3 is 0 Å². The maximum Gasteiger partial charge on any atom is 0.119 e. The van der Waals surface area contributed by atoms with E-state index in [4.69, 9.17) is 10.5 Å². The van der Waals surface area contributed by atoms with Crippen molar-refractivity contribution in [3.63, 3.8) is 0 Å². The van der Waals surface area contributed by atoms with E-state index in [0.717, 1.165) is 44.9 Å². The van der Waals surface area contributed by atoms with Crippen LogP contribution in [-0.4, -0.2) is 50.8 Å². The lowest BCUT2D eigenvalue weighted by molar-refractivity contribution is 0.187. The van der Waals surface area contributed by atoms with Crippen molar-refractivity contribution in [3.8, 4) is 5.75 Å². The van der Waals surface area contributed by atoms with E-state index < -0.39 is 0 Å². The van der Waals surface area contributed by atoms with Gasteiger partial charge < -0.3 is 15.4 Å². The minimum absolute atomic E-state index is 0.650. The summed E-state index contributed by atoms with van der Waals surface area (Å²) in [5.41, 5.74) is 6.88. The van der Waals surface area contributed by atoms with Crippen molar-refractivity contribution in [1.82, 2.24) is 4.90 Å². The summed E-state index contributed by atoms with van der Waals surface area (Å²) in [6, 6.07) is 9.01. The number of ether oxygens (including phenoxy) is 1. The van der Waals surface area contributed by atoms with Gasteiger partial charge in [0.15, 0.2) is 0 Å². The van der Waals surface area contributed by atoms with Gasteiger partial charge in [-0.2, -0.15) is 0 Å². The van der Waals surface area contributed by atoms with Crippen LogP contribution in [0.15, 0.2) is 24.3 Å². The second-order valence-electron chi connectivity index (χ2n) is 5.50. The number of nitrogens with two attached hydrogens (primary N) is 1. The number of piperazine rings is 1. The number of rotatable bonds is 6. The zero-order valence-corrected chi connectivity index (χ0v) is 12.7. The van der Waals surface area contributed by atoms with Crippen LogP contribution in [0.3, 0.4) is 0 Å². The van der Waals surface area contributed by atoms with Gasteiger partial charge in [0.25, 0.3) is 0 Å². The second kappa shape index (κ2) is 7.50. The molecule has 2 rings (SSSR count). The summed E-state index contributed by atoms with van der Waals surface area (Å²) < 4.78 is 5.21. The average Bonchev–Trinajstić information content (AvgIpc) is 2.53. The maximum absolute atomic E-state index is 5.59. The van der Waals surface area contributed by atoms with Crippen LogP contribution >= 0.6 is 0 Å². The highest BCUT2D eigenvalue weighted by Crippen LogP contribution is 2.21. The fourth-order valence-electron chi connectivity index (χ4n) is 2.81. The lowest BCUT2D eigenvalue weighted by atomic mass is 10.1. The van der Waals surface area contributed by atoms with E-state index in [1.54, 1.807) is 7.11 Å². The monoisotopic (exact) mass is 277 g/mol. The Bertz CT molecular complexity index is 385. The Morgan fingerprint density at radius 2 is 1.80 bits per heavy atom. The number of methoxy groups -OCH3 is 1. The van der Waals surface area contributed by atoms with Gasteiger partial charge in [-0.3, -0.25) is 4.90 Å². The third-order valence-corrected chi connectivity index (χ3v) is 4.20. The van der Waals surface area contributed by atoms with Crippen LogP contribution in [-0.2, 0) is 0 Å².